The summed E-state index contributed by atoms with van der Waals surface area (Å²) in [6.45, 7) is 7.35. The van der Waals surface area contributed by atoms with Crippen molar-refractivity contribution >= 4 is 11.8 Å². The number of carbonyl (C=O) groups excluding carboxylic acids is 2. The van der Waals surface area contributed by atoms with E-state index in [0.29, 0.717) is 17.2 Å². The van der Waals surface area contributed by atoms with Gasteiger partial charge in [-0.3, -0.25) is 9.59 Å². The summed E-state index contributed by atoms with van der Waals surface area (Å²) in [5.41, 5.74) is 6.61. The SMILES string of the molecule is Cc1ccc(C(N)=O)c(OC(C)C(=O)N2CCC(C)CC2)c1. The molecule has 5 heteroatoms. The number of hydrogen-bond donors (Lipinski definition) is 1. The highest BCUT2D eigenvalue weighted by Crippen LogP contribution is 2.23. The lowest BCUT2D eigenvalue weighted by molar-refractivity contribution is -0.139. The van der Waals surface area contributed by atoms with Gasteiger partial charge in [-0.05, 0) is 50.3 Å². The fourth-order valence-corrected chi connectivity index (χ4v) is 2.66. The number of hydrogen-bond acceptors (Lipinski definition) is 3. The molecule has 2 amide bonds. The predicted octanol–water partition coefficient (Wildman–Crippen LogP) is 2.12. The molecule has 0 aliphatic carbocycles. The Morgan fingerprint density at radius 3 is 2.55 bits per heavy atom. The molecule has 0 aromatic heterocycles. The Hall–Kier alpha value is -2.04. The molecule has 2 rings (SSSR count). The van der Waals surface area contributed by atoms with Crippen LogP contribution in [0.2, 0.25) is 0 Å². The van der Waals surface area contributed by atoms with E-state index in [4.69, 9.17) is 10.5 Å². The third-order valence-electron chi connectivity index (χ3n) is 4.15. The minimum absolute atomic E-state index is 0.0381. The molecule has 5 nitrogen and oxygen atoms in total. The maximum Gasteiger partial charge on any atom is 0.263 e. The first-order valence-corrected chi connectivity index (χ1v) is 7.74. The van der Waals surface area contributed by atoms with Crippen LogP contribution in [-0.2, 0) is 4.79 Å². The zero-order valence-electron chi connectivity index (χ0n) is 13.5. The Kier molecular flexibility index (Phi) is 5.06. The number of benzene rings is 1. The second-order valence-electron chi connectivity index (χ2n) is 6.13. The third-order valence-corrected chi connectivity index (χ3v) is 4.15. The molecule has 0 saturated carbocycles. The van der Waals surface area contributed by atoms with Crippen molar-refractivity contribution < 1.29 is 14.3 Å². The van der Waals surface area contributed by atoms with Crippen LogP contribution in [0.25, 0.3) is 0 Å². The van der Waals surface area contributed by atoms with E-state index in [0.717, 1.165) is 31.5 Å². The summed E-state index contributed by atoms with van der Waals surface area (Å²) in [6, 6.07) is 5.17. The highest BCUT2D eigenvalue weighted by molar-refractivity contribution is 5.96. The molecule has 22 heavy (non-hydrogen) atoms. The van der Waals surface area contributed by atoms with Crippen molar-refractivity contribution in [1.82, 2.24) is 4.90 Å². The standard InChI is InChI=1S/C17H24N2O3/c1-11-6-8-19(9-7-11)17(21)13(3)22-15-10-12(2)4-5-14(15)16(18)20/h4-5,10-11,13H,6-9H2,1-3H3,(H2,18,20). The van der Waals surface area contributed by atoms with Gasteiger partial charge in [-0.15, -0.1) is 0 Å². The maximum absolute atomic E-state index is 12.5. The summed E-state index contributed by atoms with van der Waals surface area (Å²) >= 11 is 0. The smallest absolute Gasteiger partial charge is 0.263 e. The molecule has 1 aliphatic rings. The number of rotatable bonds is 4. The molecular weight excluding hydrogens is 280 g/mol. The minimum atomic E-state index is -0.631. The number of primary amides is 1. The number of aryl methyl sites for hydroxylation is 1. The third kappa shape index (κ3) is 3.78. The summed E-state index contributed by atoms with van der Waals surface area (Å²) in [5.74, 6) is 0.447. The van der Waals surface area contributed by atoms with Gasteiger partial charge in [-0.2, -0.15) is 0 Å². The number of nitrogens with zero attached hydrogens (tertiary/aromatic N) is 1. The number of nitrogens with two attached hydrogens (primary N) is 1. The van der Waals surface area contributed by atoms with E-state index < -0.39 is 12.0 Å². The van der Waals surface area contributed by atoms with Crippen LogP contribution in [-0.4, -0.2) is 35.9 Å². The maximum atomic E-state index is 12.5. The Bertz CT molecular complexity index is 563. The number of amides is 2. The quantitative estimate of drug-likeness (QED) is 0.926. The van der Waals surface area contributed by atoms with E-state index in [1.54, 1.807) is 25.1 Å². The van der Waals surface area contributed by atoms with Gasteiger partial charge in [0.2, 0.25) is 0 Å². The molecule has 1 fully saturated rings. The van der Waals surface area contributed by atoms with Gasteiger partial charge < -0.3 is 15.4 Å². The first-order chi connectivity index (χ1) is 10.4. The first-order valence-electron chi connectivity index (χ1n) is 7.74. The molecule has 1 aromatic carbocycles. The molecule has 2 N–H and O–H groups in total. The van der Waals surface area contributed by atoms with E-state index in [2.05, 4.69) is 6.92 Å². The van der Waals surface area contributed by atoms with Crippen molar-refractivity contribution in [3.05, 3.63) is 29.3 Å². The van der Waals surface area contributed by atoms with Gasteiger partial charge >= 0.3 is 0 Å². The molecule has 120 valence electrons. The number of piperidine rings is 1. The lowest BCUT2D eigenvalue weighted by Crippen LogP contribution is -2.44. The van der Waals surface area contributed by atoms with Gasteiger partial charge in [-0.1, -0.05) is 13.0 Å². The Balaban J connectivity index is 2.08. The molecular formula is C17H24N2O3. The van der Waals surface area contributed by atoms with Gasteiger partial charge in [-0.25, -0.2) is 0 Å². The van der Waals surface area contributed by atoms with E-state index in [1.165, 1.54) is 0 Å². The second-order valence-corrected chi connectivity index (χ2v) is 6.13. The number of ether oxygens (including phenoxy) is 1. The van der Waals surface area contributed by atoms with Crippen molar-refractivity contribution in [3.63, 3.8) is 0 Å². The van der Waals surface area contributed by atoms with Crippen molar-refractivity contribution in [3.8, 4) is 5.75 Å². The fourth-order valence-electron chi connectivity index (χ4n) is 2.66. The molecule has 1 saturated heterocycles. The highest BCUT2D eigenvalue weighted by atomic mass is 16.5. The van der Waals surface area contributed by atoms with Crippen LogP contribution in [0.15, 0.2) is 18.2 Å². The van der Waals surface area contributed by atoms with Crippen molar-refractivity contribution in [2.45, 2.75) is 39.7 Å². The Morgan fingerprint density at radius 2 is 1.95 bits per heavy atom. The molecule has 1 aliphatic heterocycles. The average molecular weight is 304 g/mol. The van der Waals surface area contributed by atoms with Crippen LogP contribution >= 0.6 is 0 Å². The van der Waals surface area contributed by atoms with Gasteiger partial charge in [0.05, 0.1) is 5.56 Å². The van der Waals surface area contributed by atoms with Gasteiger partial charge in [0.1, 0.15) is 5.75 Å². The lowest BCUT2D eigenvalue weighted by Gasteiger charge is -2.32. The normalized spacial score (nSPS) is 17.1. The van der Waals surface area contributed by atoms with Crippen LogP contribution in [0.4, 0.5) is 0 Å². The van der Waals surface area contributed by atoms with Gasteiger partial charge in [0, 0.05) is 13.1 Å². The topological polar surface area (TPSA) is 72.6 Å². The van der Waals surface area contributed by atoms with Gasteiger partial charge in [0.25, 0.3) is 11.8 Å². The van der Waals surface area contributed by atoms with Crippen molar-refractivity contribution in [1.29, 1.82) is 0 Å². The molecule has 1 atom stereocenters. The number of likely N-dealkylation sites (tertiary alicyclic amines) is 1. The molecule has 0 bridgehead atoms. The van der Waals surface area contributed by atoms with Crippen molar-refractivity contribution in [2.24, 2.45) is 11.7 Å². The van der Waals surface area contributed by atoms with E-state index in [1.807, 2.05) is 11.8 Å². The van der Waals surface area contributed by atoms with E-state index >= 15 is 0 Å². The zero-order chi connectivity index (χ0) is 16.3. The Morgan fingerprint density at radius 1 is 1.32 bits per heavy atom. The highest BCUT2D eigenvalue weighted by Gasteiger charge is 2.26. The molecule has 0 spiro atoms. The Labute approximate surface area is 131 Å². The summed E-state index contributed by atoms with van der Waals surface area (Å²) in [4.78, 5) is 25.8. The average Bonchev–Trinajstić information content (AvgIpc) is 2.47. The van der Waals surface area contributed by atoms with E-state index in [-0.39, 0.29) is 5.91 Å². The van der Waals surface area contributed by atoms with E-state index in [9.17, 15) is 9.59 Å². The van der Waals surface area contributed by atoms with Crippen LogP contribution < -0.4 is 10.5 Å². The largest absolute Gasteiger partial charge is 0.480 e. The van der Waals surface area contributed by atoms with Crippen molar-refractivity contribution in [2.75, 3.05) is 13.1 Å². The van der Waals surface area contributed by atoms with Gasteiger partial charge in [0.15, 0.2) is 6.10 Å². The summed E-state index contributed by atoms with van der Waals surface area (Å²) in [5, 5.41) is 0. The molecule has 1 heterocycles. The fraction of sp³-hybridized carbons (Fsp3) is 0.529. The predicted molar refractivity (Wildman–Crippen MR) is 84.8 cm³/mol. The monoisotopic (exact) mass is 304 g/mol. The number of carbonyl (C=O) groups is 2. The second kappa shape index (κ2) is 6.81. The lowest BCUT2D eigenvalue weighted by atomic mass is 9.99. The molecule has 1 unspecified atom stereocenters. The van der Waals surface area contributed by atoms with Crippen LogP contribution in [0.1, 0.15) is 42.6 Å². The minimum Gasteiger partial charge on any atom is -0.480 e. The zero-order valence-corrected chi connectivity index (χ0v) is 13.5. The van der Waals surface area contributed by atoms with Crippen LogP contribution in [0.5, 0.6) is 5.75 Å². The van der Waals surface area contributed by atoms with Crippen LogP contribution in [0, 0.1) is 12.8 Å². The summed E-state index contributed by atoms with van der Waals surface area (Å²) in [7, 11) is 0. The molecule has 0 radical (unpaired) electrons. The molecule has 1 aromatic rings. The van der Waals surface area contributed by atoms with Crippen LogP contribution in [0.3, 0.4) is 0 Å². The summed E-state index contributed by atoms with van der Waals surface area (Å²) < 4.78 is 5.74. The first kappa shape index (κ1) is 16.3. The summed E-state index contributed by atoms with van der Waals surface area (Å²) in [6.07, 6.45) is 1.42.